The molecule has 0 spiro atoms. The van der Waals surface area contributed by atoms with Crippen LogP contribution in [0.2, 0.25) is 0 Å². The molecule has 0 saturated carbocycles. The van der Waals surface area contributed by atoms with E-state index in [4.69, 9.17) is 5.73 Å². The lowest BCUT2D eigenvalue weighted by Crippen LogP contribution is -2.32. The summed E-state index contributed by atoms with van der Waals surface area (Å²) >= 11 is 0. The van der Waals surface area contributed by atoms with Crippen molar-refractivity contribution in [2.24, 2.45) is 11.1 Å². The highest BCUT2D eigenvalue weighted by molar-refractivity contribution is 5.53. The monoisotopic (exact) mass is 205 g/mol. The lowest BCUT2D eigenvalue weighted by Gasteiger charge is -2.26. The fraction of sp³-hybridized carbons (Fsp3) is 0.385. The van der Waals surface area contributed by atoms with Crippen molar-refractivity contribution in [3.63, 3.8) is 0 Å². The Labute approximate surface area is 91.4 Å². The summed E-state index contributed by atoms with van der Waals surface area (Å²) in [6.45, 7) is 4.52. The molecule has 15 heavy (non-hydrogen) atoms. The van der Waals surface area contributed by atoms with Crippen molar-refractivity contribution in [2.45, 2.75) is 13.8 Å². The molecule has 0 saturated heterocycles. The minimum Gasteiger partial charge on any atom is -0.395 e. The predicted octanol–water partition coefficient (Wildman–Crippen LogP) is 2.05. The van der Waals surface area contributed by atoms with Crippen molar-refractivity contribution in [2.75, 3.05) is 13.2 Å². The molecule has 2 nitrogen and oxygen atoms in total. The standard InChI is InChI=1S/C13H19NO/c1-11(13(2,9-14)10-15)8-12-6-4-3-5-7-12/h3-8,15H,9-10,14H2,1-2H3/b11-8+. The first-order valence-corrected chi connectivity index (χ1v) is 5.17. The number of aliphatic hydroxyl groups is 1. The maximum atomic E-state index is 9.31. The quantitative estimate of drug-likeness (QED) is 0.790. The van der Waals surface area contributed by atoms with Gasteiger partial charge in [0.1, 0.15) is 0 Å². The molecule has 1 aromatic carbocycles. The molecule has 82 valence electrons. The molecule has 1 atom stereocenters. The van der Waals surface area contributed by atoms with Gasteiger partial charge in [-0.05, 0) is 12.5 Å². The maximum absolute atomic E-state index is 9.31. The number of benzene rings is 1. The largest absolute Gasteiger partial charge is 0.395 e. The van der Waals surface area contributed by atoms with Gasteiger partial charge in [0.15, 0.2) is 0 Å². The molecule has 0 amide bonds. The normalized spacial score (nSPS) is 16.1. The molecule has 3 N–H and O–H groups in total. The molecule has 0 radical (unpaired) electrons. The van der Waals surface area contributed by atoms with E-state index in [0.717, 1.165) is 11.1 Å². The van der Waals surface area contributed by atoms with Crippen molar-refractivity contribution in [3.05, 3.63) is 41.5 Å². The molecule has 1 rings (SSSR count). The van der Waals surface area contributed by atoms with Crippen LogP contribution >= 0.6 is 0 Å². The third-order valence-electron chi connectivity index (χ3n) is 2.93. The van der Waals surface area contributed by atoms with Crippen molar-refractivity contribution in [1.29, 1.82) is 0 Å². The third kappa shape index (κ3) is 2.91. The molecule has 0 bridgehead atoms. The SMILES string of the molecule is C/C(=C\c1ccccc1)C(C)(CN)CO. The number of nitrogens with two attached hydrogens (primary N) is 1. The Hall–Kier alpha value is -1.12. The highest BCUT2D eigenvalue weighted by atomic mass is 16.3. The van der Waals surface area contributed by atoms with Crippen LogP contribution < -0.4 is 5.73 Å². The van der Waals surface area contributed by atoms with Crippen molar-refractivity contribution in [1.82, 2.24) is 0 Å². The smallest absolute Gasteiger partial charge is 0.0534 e. The van der Waals surface area contributed by atoms with Crippen LogP contribution in [0.25, 0.3) is 6.08 Å². The average Bonchev–Trinajstić information content (AvgIpc) is 2.29. The van der Waals surface area contributed by atoms with Crippen LogP contribution in [0.5, 0.6) is 0 Å². The van der Waals surface area contributed by atoms with Gasteiger partial charge < -0.3 is 10.8 Å². The first-order valence-electron chi connectivity index (χ1n) is 5.17. The zero-order chi connectivity index (χ0) is 11.3. The minimum absolute atomic E-state index is 0.0820. The zero-order valence-corrected chi connectivity index (χ0v) is 9.40. The van der Waals surface area contributed by atoms with Crippen LogP contribution in [0.4, 0.5) is 0 Å². The molecular weight excluding hydrogens is 186 g/mol. The fourth-order valence-corrected chi connectivity index (χ4v) is 1.32. The topological polar surface area (TPSA) is 46.2 Å². The second-order valence-corrected chi connectivity index (χ2v) is 4.16. The Balaban J connectivity index is 2.93. The third-order valence-corrected chi connectivity index (χ3v) is 2.93. The number of hydrogen-bond donors (Lipinski definition) is 2. The van der Waals surface area contributed by atoms with E-state index in [1.807, 2.05) is 44.2 Å². The summed E-state index contributed by atoms with van der Waals surface area (Å²) in [7, 11) is 0. The number of aliphatic hydroxyl groups excluding tert-OH is 1. The molecule has 0 aliphatic heterocycles. The van der Waals surface area contributed by atoms with Crippen LogP contribution in [0.3, 0.4) is 0 Å². The fourth-order valence-electron chi connectivity index (χ4n) is 1.32. The van der Waals surface area contributed by atoms with Crippen LogP contribution in [-0.4, -0.2) is 18.3 Å². The van der Waals surface area contributed by atoms with E-state index in [1.54, 1.807) is 0 Å². The van der Waals surface area contributed by atoms with Crippen molar-refractivity contribution < 1.29 is 5.11 Å². The first-order chi connectivity index (χ1) is 7.12. The molecule has 0 heterocycles. The van der Waals surface area contributed by atoms with Crippen molar-refractivity contribution in [3.8, 4) is 0 Å². The van der Waals surface area contributed by atoms with Gasteiger partial charge >= 0.3 is 0 Å². The van der Waals surface area contributed by atoms with Crippen molar-refractivity contribution >= 4 is 6.08 Å². The molecule has 0 aliphatic rings. The molecule has 0 fully saturated rings. The Morgan fingerprint density at radius 1 is 1.40 bits per heavy atom. The van der Waals surface area contributed by atoms with Crippen LogP contribution in [0.15, 0.2) is 35.9 Å². The number of rotatable bonds is 4. The zero-order valence-electron chi connectivity index (χ0n) is 9.40. The first kappa shape index (κ1) is 12.0. The Morgan fingerprint density at radius 3 is 2.47 bits per heavy atom. The van der Waals surface area contributed by atoms with Gasteiger partial charge in [-0.1, -0.05) is 48.9 Å². The Morgan fingerprint density at radius 2 is 2.00 bits per heavy atom. The van der Waals surface area contributed by atoms with Gasteiger partial charge in [-0.2, -0.15) is 0 Å². The summed E-state index contributed by atoms with van der Waals surface area (Å²) in [6.07, 6.45) is 2.07. The van der Waals surface area contributed by atoms with Crippen LogP contribution in [-0.2, 0) is 0 Å². The van der Waals surface area contributed by atoms with Gasteiger partial charge in [0.2, 0.25) is 0 Å². The summed E-state index contributed by atoms with van der Waals surface area (Å²) in [6, 6.07) is 10.1. The van der Waals surface area contributed by atoms with Gasteiger partial charge in [-0.3, -0.25) is 0 Å². The lowest BCUT2D eigenvalue weighted by molar-refractivity contribution is 0.181. The van der Waals surface area contributed by atoms with E-state index < -0.39 is 0 Å². The molecule has 0 aromatic heterocycles. The van der Waals surface area contributed by atoms with E-state index in [9.17, 15) is 5.11 Å². The summed E-state index contributed by atoms with van der Waals surface area (Å²) in [5, 5.41) is 9.31. The summed E-state index contributed by atoms with van der Waals surface area (Å²) in [4.78, 5) is 0. The van der Waals surface area contributed by atoms with Gasteiger partial charge in [0.05, 0.1) is 6.61 Å². The van der Waals surface area contributed by atoms with Gasteiger partial charge in [0.25, 0.3) is 0 Å². The average molecular weight is 205 g/mol. The molecule has 1 aromatic rings. The van der Waals surface area contributed by atoms with E-state index in [-0.39, 0.29) is 12.0 Å². The van der Waals surface area contributed by atoms with Crippen LogP contribution in [0.1, 0.15) is 19.4 Å². The molecular formula is C13H19NO. The lowest BCUT2D eigenvalue weighted by atomic mass is 9.83. The summed E-state index contributed by atoms with van der Waals surface area (Å²) < 4.78 is 0. The highest BCUT2D eigenvalue weighted by Crippen LogP contribution is 2.26. The molecule has 1 unspecified atom stereocenters. The van der Waals surface area contributed by atoms with E-state index in [1.165, 1.54) is 0 Å². The number of hydrogen-bond acceptors (Lipinski definition) is 2. The van der Waals surface area contributed by atoms with E-state index in [2.05, 4.69) is 6.08 Å². The highest BCUT2D eigenvalue weighted by Gasteiger charge is 2.23. The van der Waals surface area contributed by atoms with Crippen LogP contribution in [0, 0.1) is 5.41 Å². The molecule has 0 aliphatic carbocycles. The second-order valence-electron chi connectivity index (χ2n) is 4.16. The summed E-state index contributed by atoms with van der Waals surface area (Å²) in [5.41, 5.74) is 7.61. The van der Waals surface area contributed by atoms with Gasteiger partial charge in [0, 0.05) is 12.0 Å². The maximum Gasteiger partial charge on any atom is 0.0534 e. The summed E-state index contributed by atoms with van der Waals surface area (Å²) in [5.74, 6) is 0. The Bertz CT molecular complexity index is 326. The van der Waals surface area contributed by atoms with E-state index >= 15 is 0 Å². The van der Waals surface area contributed by atoms with E-state index in [0.29, 0.717) is 6.54 Å². The predicted molar refractivity (Wildman–Crippen MR) is 64.3 cm³/mol. The Kier molecular flexibility index (Phi) is 4.06. The molecule has 2 heteroatoms. The minimum atomic E-state index is -0.310. The second kappa shape index (κ2) is 5.10. The van der Waals surface area contributed by atoms with Gasteiger partial charge in [-0.15, -0.1) is 0 Å². The van der Waals surface area contributed by atoms with Gasteiger partial charge in [-0.25, -0.2) is 0 Å².